The van der Waals surface area contributed by atoms with Crippen LogP contribution < -0.4 is 19.3 Å². The summed E-state index contributed by atoms with van der Waals surface area (Å²) in [5.41, 5.74) is 11.5. The van der Waals surface area contributed by atoms with Crippen LogP contribution in [0.2, 0.25) is 0 Å². The molecular formula is C54H44N2O4. The number of carbonyl (C=O) groups excluding carboxylic acids is 2. The third kappa shape index (κ3) is 8.45. The Bertz CT molecular complexity index is 2760. The number of carbonyl (C=O) groups is 2. The highest BCUT2D eigenvalue weighted by atomic mass is 16.5. The molecule has 6 heteroatoms. The monoisotopic (exact) mass is 784 g/mol. The summed E-state index contributed by atoms with van der Waals surface area (Å²) in [4.78, 5) is 28.9. The zero-order valence-corrected chi connectivity index (χ0v) is 34.1. The van der Waals surface area contributed by atoms with E-state index in [4.69, 9.17) is 9.47 Å². The summed E-state index contributed by atoms with van der Waals surface area (Å²) in [6.07, 6.45) is 0. The van der Waals surface area contributed by atoms with E-state index in [1.807, 2.05) is 36.4 Å². The molecule has 0 fully saturated rings. The van der Waals surface area contributed by atoms with Crippen molar-refractivity contribution in [3.05, 3.63) is 205 Å². The molecular weight excluding hydrogens is 741 g/mol. The van der Waals surface area contributed by atoms with E-state index in [2.05, 4.69) is 158 Å². The Labute approximate surface area is 350 Å². The van der Waals surface area contributed by atoms with Crippen molar-refractivity contribution in [1.82, 2.24) is 0 Å². The van der Waals surface area contributed by atoms with E-state index < -0.39 is 11.9 Å². The number of anilines is 6. The van der Waals surface area contributed by atoms with Crippen molar-refractivity contribution in [2.24, 2.45) is 0 Å². The Kier molecular flexibility index (Phi) is 10.9. The van der Waals surface area contributed by atoms with E-state index in [-0.39, 0.29) is 0 Å². The minimum Gasteiger partial charge on any atom is -0.423 e. The lowest BCUT2D eigenvalue weighted by atomic mass is 10.0. The van der Waals surface area contributed by atoms with E-state index in [0.717, 1.165) is 66.8 Å². The molecule has 8 aromatic rings. The molecule has 0 atom stereocenters. The molecule has 0 aliphatic heterocycles. The second-order valence-corrected chi connectivity index (χ2v) is 15.2. The Morgan fingerprint density at radius 3 is 1.02 bits per heavy atom. The SMILES string of the molecule is C=C(C)C(=O)Oc1ccc2cc(N(c3ccc(-c4ccc(N(c5ccc(C)cc5)c5ccc(C)cc5)cc4)cc3)c3ccc4cc(OC(=O)C(=C)C)ccc4c3)ccc2c1. The van der Waals surface area contributed by atoms with Gasteiger partial charge in [-0.05, 0) is 157 Å². The molecule has 60 heavy (non-hydrogen) atoms. The van der Waals surface area contributed by atoms with Crippen molar-refractivity contribution in [3.8, 4) is 22.6 Å². The summed E-state index contributed by atoms with van der Waals surface area (Å²) in [5, 5.41) is 3.84. The topological polar surface area (TPSA) is 59.1 Å². The highest BCUT2D eigenvalue weighted by molar-refractivity contribution is 5.95. The quantitative estimate of drug-likeness (QED) is 0.0739. The predicted molar refractivity (Wildman–Crippen MR) is 247 cm³/mol. The largest absolute Gasteiger partial charge is 0.423 e. The molecule has 0 aliphatic carbocycles. The Morgan fingerprint density at radius 1 is 0.383 bits per heavy atom. The number of esters is 2. The molecule has 8 rings (SSSR count). The number of hydrogen-bond donors (Lipinski definition) is 0. The van der Waals surface area contributed by atoms with Gasteiger partial charge in [-0.1, -0.05) is 97.1 Å². The molecule has 0 amide bonds. The first-order chi connectivity index (χ1) is 29.0. The van der Waals surface area contributed by atoms with Gasteiger partial charge in [0.1, 0.15) is 11.5 Å². The first-order valence-corrected chi connectivity index (χ1v) is 19.8. The number of hydrogen-bond acceptors (Lipinski definition) is 6. The summed E-state index contributed by atoms with van der Waals surface area (Å²) < 4.78 is 11.0. The summed E-state index contributed by atoms with van der Waals surface area (Å²) >= 11 is 0. The second kappa shape index (κ2) is 16.6. The van der Waals surface area contributed by atoms with Crippen LogP contribution in [0.4, 0.5) is 34.1 Å². The molecule has 8 aromatic carbocycles. The summed E-state index contributed by atoms with van der Waals surface area (Å²) in [6, 6.07) is 58.2. The van der Waals surface area contributed by atoms with Crippen LogP contribution in [0.1, 0.15) is 25.0 Å². The first-order valence-electron chi connectivity index (χ1n) is 19.8. The lowest BCUT2D eigenvalue weighted by Gasteiger charge is -2.27. The van der Waals surface area contributed by atoms with Gasteiger partial charge in [-0.15, -0.1) is 0 Å². The van der Waals surface area contributed by atoms with E-state index in [1.165, 1.54) is 11.1 Å². The Morgan fingerprint density at radius 2 is 0.667 bits per heavy atom. The third-order valence-corrected chi connectivity index (χ3v) is 10.4. The smallest absolute Gasteiger partial charge is 0.338 e. The molecule has 294 valence electrons. The van der Waals surface area contributed by atoms with Crippen LogP contribution in [0.5, 0.6) is 11.5 Å². The minimum atomic E-state index is -0.458. The lowest BCUT2D eigenvalue weighted by molar-refractivity contribution is -0.130. The number of aryl methyl sites for hydroxylation is 2. The molecule has 0 spiro atoms. The normalized spacial score (nSPS) is 10.9. The van der Waals surface area contributed by atoms with Crippen molar-refractivity contribution < 1.29 is 19.1 Å². The number of benzene rings is 8. The fraction of sp³-hybridized carbons (Fsp3) is 0.0741. The fourth-order valence-corrected chi connectivity index (χ4v) is 7.10. The van der Waals surface area contributed by atoms with Crippen molar-refractivity contribution >= 4 is 67.6 Å². The van der Waals surface area contributed by atoms with Crippen LogP contribution in [-0.2, 0) is 9.59 Å². The van der Waals surface area contributed by atoms with Gasteiger partial charge in [0, 0.05) is 45.3 Å². The third-order valence-electron chi connectivity index (χ3n) is 10.4. The van der Waals surface area contributed by atoms with Gasteiger partial charge in [-0.2, -0.15) is 0 Å². The summed E-state index contributed by atoms with van der Waals surface area (Å²) in [5.74, 6) is 0.00921. The van der Waals surface area contributed by atoms with Crippen molar-refractivity contribution in [1.29, 1.82) is 0 Å². The maximum Gasteiger partial charge on any atom is 0.338 e. The standard InChI is InChI=1S/C54H44N2O4/c1-35(2)53(57)59-51-29-17-41-31-49(27-15-43(41)33-51)56(50-28-16-44-34-52(30-18-42(44)32-50)60-54(58)36(3)4)48-25-13-40(14-26-48)39-11-23-47(24-12-39)55(45-19-7-37(5)8-20-45)46-21-9-38(6)10-22-46/h7-34H,1,3H2,2,4-6H3. The summed E-state index contributed by atoms with van der Waals surface area (Å²) in [7, 11) is 0. The zero-order chi connectivity index (χ0) is 41.9. The number of ether oxygens (including phenoxy) is 2. The number of rotatable bonds is 11. The number of nitrogens with zero attached hydrogens (tertiary/aromatic N) is 2. The van der Waals surface area contributed by atoms with Gasteiger partial charge in [0.05, 0.1) is 0 Å². The first kappa shape index (κ1) is 39.1. The predicted octanol–water partition coefficient (Wildman–Crippen LogP) is 14.2. The fourth-order valence-electron chi connectivity index (χ4n) is 7.10. The maximum atomic E-state index is 12.2. The van der Waals surface area contributed by atoms with Crippen LogP contribution in [0.15, 0.2) is 194 Å². The van der Waals surface area contributed by atoms with E-state index >= 15 is 0 Å². The van der Waals surface area contributed by atoms with Crippen LogP contribution in [0.3, 0.4) is 0 Å². The molecule has 0 bridgehead atoms. The van der Waals surface area contributed by atoms with Crippen LogP contribution in [-0.4, -0.2) is 11.9 Å². The molecule has 0 aliphatic rings. The molecule has 0 aromatic heterocycles. The average Bonchev–Trinajstić information content (AvgIpc) is 3.25. The van der Waals surface area contributed by atoms with Crippen LogP contribution in [0, 0.1) is 13.8 Å². The van der Waals surface area contributed by atoms with E-state index in [1.54, 1.807) is 26.0 Å². The lowest BCUT2D eigenvalue weighted by Crippen LogP contribution is -2.10. The van der Waals surface area contributed by atoms with Gasteiger partial charge in [0.2, 0.25) is 0 Å². The highest BCUT2D eigenvalue weighted by Gasteiger charge is 2.17. The minimum absolute atomic E-state index is 0.339. The second-order valence-electron chi connectivity index (χ2n) is 15.2. The van der Waals surface area contributed by atoms with Gasteiger partial charge in [0.15, 0.2) is 0 Å². The highest BCUT2D eigenvalue weighted by Crippen LogP contribution is 2.40. The summed E-state index contributed by atoms with van der Waals surface area (Å²) in [6.45, 7) is 14.9. The van der Waals surface area contributed by atoms with Crippen molar-refractivity contribution in [2.45, 2.75) is 27.7 Å². The van der Waals surface area contributed by atoms with E-state index in [0.29, 0.717) is 22.6 Å². The van der Waals surface area contributed by atoms with Gasteiger partial charge < -0.3 is 19.3 Å². The van der Waals surface area contributed by atoms with Gasteiger partial charge in [0.25, 0.3) is 0 Å². The molecule has 0 saturated carbocycles. The van der Waals surface area contributed by atoms with Crippen molar-refractivity contribution in [3.63, 3.8) is 0 Å². The van der Waals surface area contributed by atoms with E-state index in [9.17, 15) is 9.59 Å². The Hall–Kier alpha value is -7.70. The Balaban J connectivity index is 1.14. The van der Waals surface area contributed by atoms with Crippen molar-refractivity contribution in [2.75, 3.05) is 9.80 Å². The van der Waals surface area contributed by atoms with Crippen LogP contribution in [0.25, 0.3) is 32.7 Å². The van der Waals surface area contributed by atoms with Gasteiger partial charge >= 0.3 is 11.9 Å². The van der Waals surface area contributed by atoms with Gasteiger partial charge in [-0.25, -0.2) is 9.59 Å². The van der Waals surface area contributed by atoms with Gasteiger partial charge in [-0.3, -0.25) is 0 Å². The average molecular weight is 785 g/mol. The zero-order valence-electron chi connectivity index (χ0n) is 34.1. The molecule has 0 unspecified atom stereocenters. The molecule has 0 N–H and O–H groups in total. The number of fused-ring (bicyclic) bond motifs is 2. The maximum absolute atomic E-state index is 12.2. The van der Waals surface area contributed by atoms with Crippen LogP contribution >= 0.6 is 0 Å². The molecule has 6 nitrogen and oxygen atoms in total. The molecule has 0 saturated heterocycles. The molecule has 0 radical (unpaired) electrons. The molecule has 0 heterocycles.